The number of nitrogens with zero attached hydrogens (tertiary/aromatic N) is 6. The van der Waals surface area contributed by atoms with Crippen molar-refractivity contribution < 1.29 is 102 Å². The number of nitrogens with two attached hydrogens (primary N) is 4. The van der Waals surface area contributed by atoms with Gasteiger partial charge in [0.1, 0.15) is 96.9 Å². The van der Waals surface area contributed by atoms with Gasteiger partial charge in [0.2, 0.25) is 100 Å². The van der Waals surface area contributed by atoms with Crippen LogP contribution in [0.5, 0.6) is 5.75 Å². The van der Waals surface area contributed by atoms with Crippen molar-refractivity contribution >= 4 is 140 Å². The van der Waals surface area contributed by atoms with Crippen LogP contribution in [-0.4, -0.2) is 312 Å². The first-order chi connectivity index (χ1) is 64.6. The maximum Gasteiger partial charge on any atom is 0.323 e. The molecule has 136 heavy (non-hydrogen) atoms. The molecule has 42 nitrogen and oxygen atoms in total. The van der Waals surface area contributed by atoms with Crippen molar-refractivity contribution in [2.75, 3.05) is 65.4 Å². The van der Waals surface area contributed by atoms with E-state index in [1.165, 1.54) is 68.0 Å². The van der Waals surface area contributed by atoms with Gasteiger partial charge < -0.3 is 125 Å². The van der Waals surface area contributed by atoms with Gasteiger partial charge in [0.05, 0.1) is 24.8 Å². The molecule has 0 spiro atoms. The van der Waals surface area contributed by atoms with Gasteiger partial charge in [-0.2, -0.15) is 0 Å². The van der Waals surface area contributed by atoms with Gasteiger partial charge in [0.25, 0.3) is 0 Å². The van der Waals surface area contributed by atoms with E-state index in [4.69, 9.17) is 22.9 Å². The van der Waals surface area contributed by atoms with E-state index < -0.39 is 241 Å². The van der Waals surface area contributed by atoms with Gasteiger partial charge >= 0.3 is 5.97 Å². The predicted molar refractivity (Wildman–Crippen MR) is 504 cm³/mol. The van der Waals surface area contributed by atoms with Crippen LogP contribution in [0, 0.1) is 11.8 Å². The van der Waals surface area contributed by atoms with Crippen LogP contribution in [0.1, 0.15) is 161 Å². The van der Waals surface area contributed by atoms with E-state index in [9.17, 15) is 68.1 Å². The number of carbonyl (C=O) groups is 18. The normalized spacial score (nSPS) is 24.8. The summed E-state index contributed by atoms with van der Waals surface area (Å²) in [4.78, 5) is 272. The lowest BCUT2D eigenvalue weighted by atomic mass is 9.99. The molecule has 0 saturated carbocycles. The molecule has 1 unspecified atom stereocenters. The Bertz CT molecular complexity index is 5090. The number of unbranched alkanes of at least 4 members (excludes halogenated alkanes) is 3. The van der Waals surface area contributed by atoms with Crippen molar-refractivity contribution in [1.29, 1.82) is 0 Å². The van der Waals surface area contributed by atoms with Crippen LogP contribution in [0.3, 0.4) is 0 Å². The van der Waals surface area contributed by atoms with Crippen molar-refractivity contribution in [2.45, 2.75) is 261 Å². The van der Waals surface area contributed by atoms with Crippen LogP contribution < -0.4 is 76.1 Å². The minimum Gasteiger partial charge on any atom is -0.508 e. The molecule has 3 aliphatic rings. The molecule has 3 saturated heterocycles. The van der Waals surface area contributed by atoms with Crippen molar-refractivity contribution in [2.24, 2.45) is 34.8 Å². The highest BCUT2D eigenvalue weighted by Gasteiger charge is 2.47. The second-order valence-electron chi connectivity index (χ2n) is 36.0. The molecule has 3 aliphatic heterocycles. The number of carboxylic acid groups (broad SMARTS) is 1. The number of H-pyrrole nitrogens is 1. The molecule has 0 radical (unpaired) electrons. The number of primary amides is 2. The minimum absolute atomic E-state index is 0.00549. The Hall–Kier alpha value is -12.8. The quantitative estimate of drug-likeness (QED) is 0.0255. The number of hydrogen-bond acceptors (Lipinski definition) is 23. The van der Waals surface area contributed by atoms with E-state index in [2.05, 4.69) is 58.2 Å². The van der Waals surface area contributed by atoms with E-state index in [0.717, 1.165) is 31.4 Å². The predicted octanol–water partition coefficient (Wildman–Crippen LogP) is -1.46. The molecule has 5 heterocycles. The molecule has 0 aliphatic carbocycles. The summed E-state index contributed by atoms with van der Waals surface area (Å²) in [5, 5.41) is 59.8. The smallest absolute Gasteiger partial charge is 0.323 e. The number of hydrogen-bond donors (Lipinski definition) is 18. The average Bonchev–Trinajstić information content (AvgIpc) is 1.63. The Balaban J connectivity index is 1.22. The standard InChI is InChI=1S/C93H135N21O21S/c1-11-13-26-72-86(128)102-63(36-51(3)4)83(125)108-70(81(123)99-45-77(97)118)49-136-50-78(119)100-66(38-54-30-32-57(115)33-31-54)89(131)109(8)53(7)80(122)104-68(42-76(96)117)91(133)113-35-21-29-73(113)87(129)107-69(43-95)85(127)105-65(37-52(5)6)92(134)114-47-58(116)41-75(114)88(130)103-64(39-55-44-98-61-24-17-15-22-59(55)61)84(126)101-62(25-19-20-34-94)82(124)106-67(90(132)111(10)74(27-14-12-2)93(135)110(72)9)40-56-46-112(48-79(120)121)71-28-18-16-23-60(56)71/h15-18,22-24,28,30-33,44,46,51-53,58,62-70,72-75,98,115-116H,11-14,19-21,25-27,29,34-43,45,47-50,94-95H2,1-10H3,(H2,96,117)(H2,97,118)(H,99,123)(H,100,119)(H,101,126)(H,102,128)(H,103,130)(H,104,122)(H,105,127)(H,106,124)(H,107,129)(H,108,125)(H,120,121)/t53-,58+,62-,63-,64-,65-,66-,67?,68-,69-,70-,72-,73-,74-,75-/m0/s1. The lowest BCUT2D eigenvalue weighted by Crippen LogP contribution is -2.61. The summed E-state index contributed by atoms with van der Waals surface area (Å²) in [6, 6.07) is -1.93. The van der Waals surface area contributed by atoms with Crippen molar-refractivity contribution in [3.8, 4) is 5.75 Å². The number of aromatic amines is 1. The number of rotatable bonds is 28. The Labute approximate surface area is 794 Å². The largest absolute Gasteiger partial charge is 0.508 e. The number of benzene rings is 3. The van der Waals surface area contributed by atoms with Crippen molar-refractivity contribution in [3.05, 3.63) is 102 Å². The number of aliphatic hydroxyl groups is 1. The van der Waals surface area contributed by atoms with E-state index in [1.54, 1.807) is 82.4 Å². The molecule has 0 bridgehead atoms. The first kappa shape index (κ1) is 109. The summed E-state index contributed by atoms with van der Waals surface area (Å²) in [6.45, 7) is 9.71. The number of carboxylic acids is 1. The summed E-state index contributed by atoms with van der Waals surface area (Å²) < 4.78 is 1.45. The fourth-order valence-electron chi connectivity index (χ4n) is 17.1. The van der Waals surface area contributed by atoms with E-state index >= 15 is 33.6 Å². The number of phenols is 1. The maximum atomic E-state index is 16.1. The first-order valence-electron chi connectivity index (χ1n) is 46.3. The van der Waals surface area contributed by atoms with Gasteiger partial charge in [-0.15, -0.1) is 11.8 Å². The van der Waals surface area contributed by atoms with E-state index in [0.29, 0.717) is 70.6 Å². The number of aliphatic hydroxyl groups excluding tert-OH is 1. The molecule has 5 aromatic rings. The third-order valence-corrected chi connectivity index (χ3v) is 25.6. The van der Waals surface area contributed by atoms with Gasteiger partial charge in [-0.25, -0.2) is 0 Å². The molecule has 744 valence electrons. The summed E-state index contributed by atoms with van der Waals surface area (Å²) in [7, 11) is 3.94. The monoisotopic (exact) mass is 1910 g/mol. The Morgan fingerprint density at radius 3 is 1.74 bits per heavy atom. The number of nitrogens with one attached hydrogen (secondary N) is 11. The second-order valence-corrected chi connectivity index (χ2v) is 37.0. The lowest BCUT2D eigenvalue weighted by molar-refractivity contribution is -0.149. The highest BCUT2D eigenvalue weighted by molar-refractivity contribution is 8.00. The lowest BCUT2D eigenvalue weighted by Gasteiger charge is -2.36. The number of carbonyl (C=O) groups excluding carboxylic acids is 17. The number of aliphatic carboxylic acids is 1. The van der Waals surface area contributed by atoms with Gasteiger partial charge in [0.15, 0.2) is 0 Å². The summed E-state index contributed by atoms with van der Waals surface area (Å²) >= 11 is 0.787. The highest BCUT2D eigenvalue weighted by atomic mass is 32.2. The number of aromatic nitrogens is 2. The number of aromatic hydroxyl groups is 1. The number of likely N-dealkylation sites (N-methyl/N-ethyl adjacent to an activating group) is 3. The van der Waals surface area contributed by atoms with E-state index in [1.807, 2.05) is 13.8 Å². The first-order valence-corrected chi connectivity index (χ1v) is 47.5. The highest BCUT2D eigenvalue weighted by Crippen LogP contribution is 2.29. The Morgan fingerprint density at radius 2 is 1.09 bits per heavy atom. The number of fused-ring (bicyclic) bond motifs is 4. The molecule has 3 fully saturated rings. The molecule has 15 atom stereocenters. The molecular formula is C93H135N21O21S. The van der Waals surface area contributed by atoms with Crippen molar-refractivity contribution in [1.82, 2.24) is 87.2 Å². The minimum atomic E-state index is -1.77. The van der Waals surface area contributed by atoms with Crippen LogP contribution >= 0.6 is 11.8 Å². The van der Waals surface area contributed by atoms with Gasteiger partial charge in [-0.05, 0) is 124 Å². The molecule has 2 aromatic heterocycles. The van der Waals surface area contributed by atoms with Crippen LogP contribution in [-0.2, 0) is 112 Å². The number of para-hydroxylation sites is 2. The molecule has 3 aromatic carbocycles. The third-order valence-electron chi connectivity index (χ3n) is 24.6. The summed E-state index contributed by atoms with van der Waals surface area (Å²) in [5.41, 5.74) is 25.8. The van der Waals surface area contributed by atoms with Gasteiger partial charge in [-0.1, -0.05) is 116 Å². The fourth-order valence-corrected chi connectivity index (χ4v) is 18.0. The van der Waals surface area contributed by atoms with Gasteiger partial charge in [0, 0.05) is 106 Å². The zero-order valence-electron chi connectivity index (χ0n) is 78.9. The van der Waals surface area contributed by atoms with Crippen molar-refractivity contribution in [3.63, 3.8) is 0 Å². The average molecular weight is 1920 g/mol. The number of phenolic OH excluding ortho intramolecular Hbond substituents is 1. The topological polar surface area (TPSA) is 629 Å². The molecule has 8 rings (SSSR count). The SMILES string of the molecule is CCCC[C@H]1C(=O)N(C)[C@@H](CCCC)C(=O)N[C@@H](CC(C)C)C(=O)N[C@H](C(=O)NCC(N)=O)CSCC(=O)N[C@@H](Cc2ccc(O)cc2)C(=O)N(C)[C@@H](C)C(=O)N[C@@H](CC(N)=O)C(=O)N2CCC[C@H]2C(=O)N[C@@H](CN)C(=O)N[C@@H](CC(C)C)C(=O)N2C[C@H](O)C[C@H]2C(=O)N[C@@H](Cc2c[nH]c3ccccc23)C(=O)N[C@@H](CCCCN)C(=O)NC(Cc2cn(CC(=O)O)c3ccccc23)C(=O)N1C. The zero-order chi connectivity index (χ0) is 100. The van der Waals surface area contributed by atoms with Crippen LogP contribution in [0.2, 0.25) is 0 Å². The summed E-state index contributed by atoms with van der Waals surface area (Å²) in [6.07, 6.45) is 1.75. The number of thioether (sulfide) groups is 1. The van der Waals surface area contributed by atoms with Gasteiger partial charge in [-0.3, -0.25) is 86.3 Å². The van der Waals surface area contributed by atoms with Crippen LogP contribution in [0.25, 0.3) is 21.8 Å². The molecular weight excluding hydrogens is 1780 g/mol. The van der Waals surface area contributed by atoms with Crippen LogP contribution in [0.4, 0.5) is 0 Å². The number of amides is 17. The van der Waals surface area contributed by atoms with E-state index in [-0.39, 0.29) is 108 Å². The Kier molecular flexibility index (Phi) is 41.3. The summed E-state index contributed by atoms with van der Waals surface area (Å²) in [5.74, 6) is -18.6. The molecule has 17 amide bonds. The molecule has 43 heteroatoms. The zero-order valence-corrected chi connectivity index (χ0v) is 79.7. The molecule has 22 N–H and O–H groups in total. The maximum absolute atomic E-state index is 16.1. The second kappa shape index (κ2) is 51.8. The fraction of sp³-hybridized carbons (Fsp3) is 0.570. The van der Waals surface area contributed by atoms with Crippen LogP contribution in [0.15, 0.2) is 85.2 Å². The Morgan fingerprint density at radius 1 is 0.537 bits per heavy atom. The third kappa shape index (κ3) is 30.4.